The first kappa shape index (κ1) is 17.2. The van der Waals surface area contributed by atoms with Crippen molar-refractivity contribution in [2.75, 3.05) is 19.1 Å². The molecule has 0 radical (unpaired) electrons. The van der Waals surface area contributed by atoms with E-state index in [9.17, 15) is 13.2 Å². The second-order valence-corrected chi connectivity index (χ2v) is 7.72. The lowest BCUT2D eigenvalue weighted by molar-refractivity contribution is 0.101. The summed E-state index contributed by atoms with van der Waals surface area (Å²) < 4.78 is 26.4. The molecular formula is C14H21NO3S2. The van der Waals surface area contributed by atoms with Crippen molar-refractivity contribution in [3.8, 4) is 0 Å². The van der Waals surface area contributed by atoms with Crippen molar-refractivity contribution < 1.29 is 13.2 Å². The molecule has 0 aliphatic rings. The molecule has 1 aromatic carbocycles. The normalized spacial score (nSPS) is 13.4. The minimum absolute atomic E-state index is 0.0755. The van der Waals surface area contributed by atoms with Crippen molar-refractivity contribution in [3.63, 3.8) is 0 Å². The van der Waals surface area contributed by atoms with E-state index in [1.807, 2.05) is 13.2 Å². The van der Waals surface area contributed by atoms with Crippen LogP contribution >= 0.6 is 11.8 Å². The summed E-state index contributed by atoms with van der Waals surface area (Å²) >= 11 is 1.69. The number of carbonyl (C=O) groups is 1. The van der Waals surface area contributed by atoms with Crippen LogP contribution in [-0.4, -0.2) is 43.6 Å². The van der Waals surface area contributed by atoms with Gasteiger partial charge in [-0.2, -0.15) is 16.1 Å². The molecule has 0 bridgehead atoms. The molecule has 1 rings (SSSR count). The molecule has 20 heavy (non-hydrogen) atoms. The largest absolute Gasteiger partial charge is 0.295 e. The van der Waals surface area contributed by atoms with Crippen LogP contribution in [0.15, 0.2) is 29.2 Å². The summed E-state index contributed by atoms with van der Waals surface area (Å²) in [6.07, 6.45) is 2.79. The first-order valence-electron chi connectivity index (χ1n) is 6.38. The fourth-order valence-corrected chi connectivity index (χ4v) is 3.76. The zero-order chi connectivity index (χ0) is 15.3. The second-order valence-electron chi connectivity index (χ2n) is 4.74. The van der Waals surface area contributed by atoms with Crippen LogP contribution in [0.25, 0.3) is 0 Å². The highest BCUT2D eigenvalue weighted by molar-refractivity contribution is 7.98. The number of benzene rings is 1. The first-order valence-corrected chi connectivity index (χ1v) is 9.22. The third-order valence-electron chi connectivity index (χ3n) is 3.28. The average molecular weight is 315 g/mol. The van der Waals surface area contributed by atoms with Gasteiger partial charge in [0.2, 0.25) is 10.0 Å². The standard InChI is InChI=1S/C14H21NO3S2/c1-11(8-9-19-4)15(3)20(17,18)14-7-5-6-13(10-14)12(2)16/h5-7,10-11H,8-9H2,1-4H3. The fourth-order valence-electron chi connectivity index (χ4n) is 1.75. The lowest BCUT2D eigenvalue weighted by Crippen LogP contribution is -2.35. The van der Waals surface area contributed by atoms with Crippen LogP contribution in [0.5, 0.6) is 0 Å². The number of rotatable bonds is 7. The molecule has 0 amide bonds. The molecule has 0 fully saturated rings. The van der Waals surface area contributed by atoms with Gasteiger partial charge in [0.15, 0.2) is 5.78 Å². The molecular weight excluding hydrogens is 294 g/mol. The van der Waals surface area contributed by atoms with Gasteiger partial charge in [0, 0.05) is 18.7 Å². The molecule has 1 atom stereocenters. The highest BCUT2D eigenvalue weighted by Crippen LogP contribution is 2.20. The summed E-state index contributed by atoms with van der Waals surface area (Å²) in [5.41, 5.74) is 0.413. The van der Waals surface area contributed by atoms with Crippen LogP contribution < -0.4 is 0 Å². The third kappa shape index (κ3) is 4.07. The number of nitrogens with zero attached hydrogens (tertiary/aromatic N) is 1. The summed E-state index contributed by atoms with van der Waals surface area (Å²) in [6, 6.07) is 6.12. The smallest absolute Gasteiger partial charge is 0.243 e. The molecule has 4 nitrogen and oxygen atoms in total. The number of carbonyl (C=O) groups excluding carboxylic acids is 1. The van der Waals surface area contributed by atoms with Crippen LogP contribution in [0.1, 0.15) is 30.6 Å². The molecule has 0 spiro atoms. The molecule has 0 aliphatic heterocycles. The summed E-state index contributed by atoms with van der Waals surface area (Å²) in [5.74, 6) is 0.772. The van der Waals surface area contributed by atoms with Gasteiger partial charge in [-0.1, -0.05) is 12.1 Å². The monoisotopic (exact) mass is 315 g/mol. The Labute approximate surface area is 125 Å². The summed E-state index contributed by atoms with van der Waals surface area (Å²) in [4.78, 5) is 11.5. The molecule has 0 saturated carbocycles. The fraction of sp³-hybridized carbons (Fsp3) is 0.500. The maximum Gasteiger partial charge on any atom is 0.243 e. The van der Waals surface area contributed by atoms with Crippen molar-refractivity contribution >= 4 is 27.6 Å². The summed E-state index contributed by atoms with van der Waals surface area (Å²) in [6.45, 7) is 3.32. The van der Waals surface area contributed by atoms with E-state index < -0.39 is 10.0 Å². The lowest BCUT2D eigenvalue weighted by atomic mass is 10.2. The number of thioether (sulfide) groups is 1. The summed E-state index contributed by atoms with van der Waals surface area (Å²) in [5, 5.41) is 0. The van der Waals surface area contributed by atoms with Crippen molar-refractivity contribution in [1.82, 2.24) is 4.31 Å². The van der Waals surface area contributed by atoms with E-state index >= 15 is 0 Å². The van der Waals surface area contributed by atoms with Crippen molar-refractivity contribution in [2.45, 2.75) is 31.2 Å². The van der Waals surface area contributed by atoms with Crippen molar-refractivity contribution in [2.24, 2.45) is 0 Å². The molecule has 112 valence electrons. The molecule has 0 aromatic heterocycles. The van der Waals surface area contributed by atoms with E-state index in [1.54, 1.807) is 30.9 Å². The Morgan fingerprint density at radius 1 is 1.40 bits per heavy atom. The molecule has 1 unspecified atom stereocenters. The van der Waals surface area contributed by atoms with Gasteiger partial charge in [-0.05, 0) is 44.4 Å². The van der Waals surface area contributed by atoms with Crippen LogP contribution in [0, 0.1) is 0 Å². The van der Waals surface area contributed by atoms with Gasteiger partial charge in [-0.3, -0.25) is 4.79 Å². The Kier molecular flexibility index (Phi) is 6.23. The quantitative estimate of drug-likeness (QED) is 0.726. The maximum absolute atomic E-state index is 12.5. The van der Waals surface area contributed by atoms with Crippen molar-refractivity contribution in [1.29, 1.82) is 0 Å². The topological polar surface area (TPSA) is 54.5 Å². The highest BCUT2D eigenvalue weighted by atomic mass is 32.2. The molecule has 0 aliphatic carbocycles. The molecule has 0 N–H and O–H groups in total. The molecule has 6 heteroatoms. The van der Waals surface area contributed by atoms with E-state index in [-0.39, 0.29) is 16.7 Å². The van der Waals surface area contributed by atoms with E-state index in [1.165, 1.54) is 23.4 Å². The van der Waals surface area contributed by atoms with Gasteiger partial charge in [0.25, 0.3) is 0 Å². The van der Waals surface area contributed by atoms with Gasteiger partial charge in [0.05, 0.1) is 4.90 Å². The predicted octanol–water partition coefficient (Wildman–Crippen LogP) is 2.65. The molecule has 0 heterocycles. The van der Waals surface area contributed by atoms with Crippen LogP contribution in [0.3, 0.4) is 0 Å². The van der Waals surface area contributed by atoms with Gasteiger partial charge >= 0.3 is 0 Å². The maximum atomic E-state index is 12.5. The number of hydrogen-bond acceptors (Lipinski definition) is 4. The number of sulfonamides is 1. The van der Waals surface area contributed by atoms with Crippen LogP contribution in [0.2, 0.25) is 0 Å². The van der Waals surface area contributed by atoms with Gasteiger partial charge in [0.1, 0.15) is 0 Å². The SMILES string of the molecule is CSCCC(C)N(C)S(=O)(=O)c1cccc(C(C)=O)c1. The minimum Gasteiger partial charge on any atom is -0.295 e. The Morgan fingerprint density at radius 2 is 2.05 bits per heavy atom. The molecule has 1 aromatic rings. The van der Waals surface area contributed by atoms with Crippen molar-refractivity contribution in [3.05, 3.63) is 29.8 Å². The predicted molar refractivity (Wildman–Crippen MR) is 83.9 cm³/mol. The second kappa shape index (κ2) is 7.24. The number of hydrogen-bond donors (Lipinski definition) is 0. The Hall–Kier alpha value is -0.850. The third-order valence-corrected chi connectivity index (χ3v) is 5.89. The van der Waals surface area contributed by atoms with E-state index in [4.69, 9.17) is 0 Å². The minimum atomic E-state index is -3.55. The van der Waals surface area contributed by atoms with Crippen LogP contribution in [-0.2, 0) is 10.0 Å². The van der Waals surface area contributed by atoms with E-state index in [2.05, 4.69) is 0 Å². The lowest BCUT2D eigenvalue weighted by Gasteiger charge is -2.24. The Balaban J connectivity index is 3.03. The summed E-state index contributed by atoms with van der Waals surface area (Å²) in [7, 11) is -1.97. The highest BCUT2D eigenvalue weighted by Gasteiger charge is 2.25. The zero-order valence-electron chi connectivity index (χ0n) is 12.3. The van der Waals surface area contributed by atoms with Gasteiger partial charge in [-0.25, -0.2) is 8.42 Å². The average Bonchev–Trinajstić information content (AvgIpc) is 2.43. The van der Waals surface area contributed by atoms with E-state index in [0.717, 1.165) is 12.2 Å². The Morgan fingerprint density at radius 3 is 2.60 bits per heavy atom. The first-order chi connectivity index (χ1) is 9.30. The molecule has 0 saturated heterocycles. The van der Waals surface area contributed by atoms with Gasteiger partial charge < -0.3 is 0 Å². The zero-order valence-corrected chi connectivity index (χ0v) is 13.9. The van der Waals surface area contributed by atoms with Crippen LogP contribution in [0.4, 0.5) is 0 Å². The Bertz CT molecular complexity index is 570. The van der Waals surface area contributed by atoms with E-state index in [0.29, 0.717) is 5.56 Å². The number of Topliss-reactive ketones (excluding diaryl/α,β-unsaturated/α-hetero) is 1. The van der Waals surface area contributed by atoms with Gasteiger partial charge in [-0.15, -0.1) is 0 Å². The number of ketones is 1.